The van der Waals surface area contributed by atoms with E-state index in [4.69, 9.17) is 5.11 Å². The monoisotopic (exact) mass is 301 g/mol. The van der Waals surface area contributed by atoms with Gasteiger partial charge in [-0.25, -0.2) is 4.79 Å². The van der Waals surface area contributed by atoms with Crippen LogP contribution in [0.1, 0.15) is 45.4 Å². The number of nitrogens with one attached hydrogen (secondary N) is 1. The predicted octanol–water partition coefficient (Wildman–Crippen LogP) is 2.36. The minimum atomic E-state index is -1.12. The summed E-state index contributed by atoms with van der Waals surface area (Å²) in [5, 5.41) is 11.1. The van der Waals surface area contributed by atoms with Gasteiger partial charge in [-0.1, -0.05) is 37.4 Å². The number of aliphatic carboxylic acids is 1. The molecule has 0 atom stereocenters. The summed E-state index contributed by atoms with van der Waals surface area (Å²) in [7, 11) is 0. The third kappa shape index (κ3) is 14.8. The van der Waals surface area contributed by atoms with E-state index in [0.29, 0.717) is 6.54 Å². The van der Waals surface area contributed by atoms with Gasteiger partial charge in [-0.3, -0.25) is 9.59 Å². The Morgan fingerprint density at radius 1 is 1.00 bits per heavy atom. The van der Waals surface area contributed by atoms with Crippen molar-refractivity contribution in [3.63, 3.8) is 0 Å². The van der Waals surface area contributed by atoms with E-state index in [1.54, 1.807) is 6.92 Å². The summed E-state index contributed by atoms with van der Waals surface area (Å²) in [6.07, 6.45) is 8.26. The Morgan fingerprint density at radius 3 is 2.20 bits per heavy atom. The molecule has 0 aromatic rings. The van der Waals surface area contributed by atoms with Crippen molar-refractivity contribution in [1.29, 1.82) is 0 Å². The van der Waals surface area contributed by atoms with Gasteiger partial charge in [0.15, 0.2) is 5.12 Å². The second-order valence-corrected chi connectivity index (χ2v) is 5.70. The molecular formula is C14H23NO4S. The molecule has 2 N–H and O–H groups in total. The summed E-state index contributed by atoms with van der Waals surface area (Å²) in [5.41, 5.74) is 0. The molecule has 0 saturated carbocycles. The van der Waals surface area contributed by atoms with Crippen LogP contribution in [0, 0.1) is 0 Å². The van der Waals surface area contributed by atoms with Gasteiger partial charge in [-0.05, 0) is 12.8 Å². The lowest BCUT2D eigenvalue weighted by Crippen LogP contribution is -2.22. The summed E-state index contributed by atoms with van der Waals surface area (Å²) < 4.78 is 0. The zero-order valence-electron chi connectivity index (χ0n) is 11.9. The quantitative estimate of drug-likeness (QED) is 0.452. The molecule has 0 aromatic carbocycles. The number of thioether (sulfide) groups is 1. The van der Waals surface area contributed by atoms with Crippen LogP contribution in [0.25, 0.3) is 0 Å². The fraction of sp³-hybridized carbons (Fsp3) is 0.643. The Bertz CT molecular complexity index is 342. The lowest BCUT2D eigenvalue weighted by atomic mass is 10.1. The average Bonchev–Trinajstić information content (AvgIpc) is 2.38. The van der Waals surface area contributed by atoms with E-state index in [0.717, 1.165) is 56.4 Å². The minimum Gasteiger partial charge on any atom is -0.478 e. The van der Waals surface area contributed by atoms with Gasteiger partial charge in [-0.15, -0.1) is 0 Å². The molecule has 6 heteroatoms. The van der Waals surface area contributed by atoms with Crippen LogP contribution in [-0.2, 0) is 14.4 Å². The molecule has 0 heterocycles. The van der Waals surface area contributed by atoms with Crippen LogP contribution in [0.4, 0.5) is 0 Å². The zero-order valence-corrected chi connectivity index (χ0v) is 12.7. The number of hydrogen-bond donors (Lipinski definition) is 2. The maximum atomic E-state index is 11.1. The highest BCUT2D eigenvalue weighted by Gasteiger charge is 1.97. The number of carbonyl (C=O) groups excluding carboxylic acids is 2. The van der Waals surface area contributed by atoms with Crippen molar-refractivity contribution >= 4 is 28.8 Å². The van der Waals surface area contributed by atoms with Crippen LogP contribution in [0.15, 0.2) is 12.2 Å². The van der Waals surface area contributed by atoms with Crippen molar-refractivity contribution < 1.29 is 19.5 Å². The number of carbonyl (C=O) groups is 3. The number of amides is 1. The second-order valence-electron chi connectivity index (χ2n) is 4.42. The fourth-order valence-electron chi connectivity index (χ4n) is 1.57. The molecule has 0 saturated heterocycles. The van der Waals surface area contributed by atoms with Gasteiger partial charge in [-0.2, -0.15) is 0 Å². The number of carboxylic acid groups (broad SMARTS) is 1. The smallest absolute Gasteiger partial charge is 0.328 e. The highest BCUT2D eigenvalue weighted by Crippen LogP contribution is 2.09. The summed E-state index contributed by atoms with van der Waals surface area (Å²) in [4.78, 5) is 32.0. The molecule has 0 rings (SSSR count). The van der Waals surface area contributed by atoms with Crippen molar-refractivity contribution in [3.05, 3.63) is 12.2 Å². The van der Waals surface area contributed by atoms with Gasteiger partial charge >= 0.3 is 5.97 Å². The van der Waals surface area contributed by atoms with Crippen LogP contribution in [0.2, 0.25) is 0 Å². The van der Waals surface area contributed by atoms with Crippen molar-refractivity contribution in [3.8, 4) is 0 Å². The van der Waals surface area contributed by atoms with Gasteiger partial charge in [0.25, 0.3) is 0 Å². The highest BCUT2D eigenvalue weighted by atomic mass is 32.2. The Hall–Kier alpha value is -1.30. The van der Waals surface area contributed by atoms with Crippen LogP contribution in [0.3, 0.4) is 0 Å². The van der Waals surface area contributed by atoms with E-state index >= 15 is 0 Å². The predicted molar refractivity (Wildman–Crippen MR) is 80.6 cm³/mol. The Balaban J connectivity index is 3.26. The van der Waals surface area contributed by atoms with E-state index in [1.165, 1.54) is 11.8 Å². The van der Waals surface area contributed by atoms with E-state index in [-0.39, 0.29) is 11.0 Å². The molecule has 0 aliphatic carbocycles. The first kappa shape index (κ1) is 18.7. The average molecular weight is 301 g/mol. The molecular weight excluding hydrogens is 278 g/mol. The van der Waals surface area contributed by atoms with Gasteiger partial charge in [0, 0.05) is 31.4 Å². The molecule has 1 amide bonds. The molecule has 0 spiro atoms. The molecule has 0 bridgehead atoms. The summed E-state index contributed by atoms with van der Waals surface area (Å²) in [6.45, 7) is 2.16. The number of carboxylic acids is 1. The van der Waals surface area contributed by atoms with Crippen molar-refractivity contribution in [2.24, 2.45) is 0 Å². The molecule has 0 aromatic heterocycles. The standard InChI is InChI=1S/C14H23NO4S/c1-12(16)20-11-7-5-3-2-4-6-10-15-13(17)8-9-14(18)19/h8-9H,2-7,10-11H2,1H3,(H,15,17)(H,18,19)/b9-8-. The van der Waals surface area contributed by atoms with Crippen molar-refractivity contribution in [1.82, 2.24) is 5.32 Å². The van der Waals surface area contributed by atoms with E-state index in [2.05, 4.69) is 5.32 Å². The van der Waals surface area contributed by atoms with Crippen molar-refractivity contribution in [2.45, 2.75) is 45.4 Å². The van der Waals surface area contributed by atoms with E-state index in [1.807, 2.05) is 0 Å². The molecule has 0 radical (unpaired) electrons. The van der Waals surface area contributed by atoms with E-state index < -0.39 is 5.97 Å². The molecule has 114 valence electrons. The lowest BCUT2D eigenvalue weighted by molar-refractivity contribution is -0.131. The van der Waals surface area contributed by atoms with E-state index in [9.17, 15) is 14.4 Å². The normalized spacial score (nSPS) is 10.7. The Labute approximate surface area is 124 Å². The topological polar surface area (TPSA) is 83.5 Å². The lowest BCUT2D eigenvalue weighted by Gasteiger charge is -2.03. The number of hydrogen-bond acceptors (Lipinski definition) is 4. The summed E-state index contributed by atoms with van der Waals surface area (Å²) >= 11 is 1.38. The van der Waals surface area contributed by atoms with Crippen LogP contribution in [-0.4, -0.2) is 34.4 Å². The maximum Gasteiger partial charge on any atom is 0.328 e. The molecule has 0 unspecified atom stereocenters. The molecule has 20 heavy (non-hydrogen) atoms. The third-order valence-corrected chi connectivity index (χ3v) is 3.45. The molecule has 5 nitrogen and oxygen atoms in total. The van der Waals surface area contributed by atoms with Crippen LogP contribution >= 0.6 is 11.8 Å². The van der Waals surface area contributed by atoms with Crippen LogP contribution < -0.4 is 5.32 Å². The molecule has 0 fully saturated rings. The van der Waals surface area contributed by atoms with Gasteiger partial charge in [0.05, 0.1) is 0 Å². The van der Waals surface area contributed by atoms with Gasteiger partial charge < -0.3 is 10.4 Å². The zero-order chi connectivity index (χ0) is 15.2. The largest absolute Gasteiger partial charge is 0.478 e. The first-order chi connectivity index (χ1) is 9.52. The Morgan fingerprint density at radius 2 is 1.60 bits per heavy atom. The Kier molecular flexibility index (Phi) is 11.9. The number of rotatable bonds is 11. The highest BCUT2D eigenvalue weighted by molar-refractivity contribution is 8.13. The third-order valence-electron chi connectivity index (χ3n) is 2.55. The van der Waals surface area contributed by atoms with Gasteiger partial charge in [0.2, 0.25) is 5.91 Å². The SMILES string of the molecule is CC(=O)SCCCCCCCCNC(=O)/C=C\C(=O)O. The molecule has 0 aliphatic rings. The fourth-order valence-corrected chi connectivity index (χ4v) is 2.20. The minimum absolute atomic E-state index is 0.178. The summed E-state index contributed by atoms with van der Waals surface area (Å²) in [6, 6.07) is 0. The van der Waals surface area contributed by atoms with Crippen molar-refractivity contribution in [2.75, 3.05) is 12.3 Å². The summed E-state index contributed by atoms with van der Waals surface area (Å²) in [5.74, 6) is -0.585. The van der Waals surface area contributed by atoms with Crippen LogP contribution in [0.5, 0.6) is 0 Å². The first-order valence-electron chi connectivity index (χ1n) is 6.84. The number of unbranched alkanes of at least 4 members (excludes halogenated alkanes) is 5. The second kappa shape index (κ2) is 12.7. The maximum absolute atomic E-state index is 11.1. The first-order valence-corrected chi connectivity index (χ1v) is 7.83. The van der Waals surface area contributed by atoms with Gasteiger partial charge in [0.1, 0.15) is 0 Å². The molecule has 0 aliphatic heterocycles.